The van der Waals surface area contributed by atoms with E-state index in [1.165, 1.54) is 6.20 Å². The third-order valence-electron chi connectivity index (χ3n) is 2.91. The summed E-state index contributed by atoms with van der Waals surface area (Å²) in [6, 6.07) is 1.68. The molecule has 0 amide bonds. The number of carbonyl (C=O) groups excluding carboxylic acids is 1. The van der Waals surface area contributed by atoms with Crippen LogP contribution in [0.1, 0.15) is 23.7 Å². The molecule has 0 aliphatic carbocycles. The molecule has 1 rings (SSSR count). The standard InChI is InChI=1S/C14H24N4O2/c1-5-20-14(19)11-9-13(16-10-12(11)15)18(4)8-6-7-17(2)3/h9-10H,5-8,15H2,1-4H3. The summed E-state index contributed by atoms with van der Waals surface area (Å²) in [4.78, 5) is 20.2. The Bertz CT molecular complexity index is 449. The fraction of sp³-hybridized carbons (Fsp3) is 0.571. The molecule has 1 aromatic rings. The van der Waals surface area contributed by atoms with E-state index in [-0.39, 0.29) is 0 Å². The van der Waals surface area contributed by atoms with Gasteiger partial charge in [-0.25, -0.2) is 9.78 Å². The van der Waals surface area contributed by atoms with Crippen molar-refractivity contribution in [3.8, 4) is 0 Å². The minimum absolute atomic E-state index is 0.328. The Morgan fingerprint density at radius 3 is 2.65 bits per heavy atom. The number of aromatic nitrogens is 1. The summed E-state index contributed by atoms with van der Waals surface area (Å²) in [7, 11) is 6.03. The molecule has 0 atom stereocenters. The van der Waals surface area contributed by atoms with E-state index in [0.29, 0.717) is 17.9 Å². The zero-order valence-corrected chi connectivity index (χ0v) is 12.7. The van der Waals surface area contributed by atoms with E-state index in [1.807, 2.05) is 26.0 Å². The predicted octanol–water partition coefficient (Wildman–Crippen LogP) is 1.23. The van der Waals surface area contributed by atoms with Crippen molar-refractivity contribution in [2.24, 2.45) is 0 Å². The van der Waals surface area contributed by atoms with E-state index in [2.05, 4.69) is 9.88 Å². The van der Waals surface area contributed by atoms with Gasteiger partial charge in [-0.2, -0.15) is 0 Å². The number of carbonyl (C=O) groups is 1. The molecule has 1 aromatic heterocycles. The van der Waals surface area contributed by atoms with Gasteiger partial charge in [0.15, 0.2) is 0 Å². The molecule has 112 valence electrons. The van der Waals surface area contributed by atoms with Crippen molar-refractivity contribution < 1.29 is 9.53 Å². The first-order valence-corrected chi connectivity index (χ1v) is 6.74. The van der Waals surface area contributed by atoms with Gasteiger partial charge >= 0.3 is 5.97 Å². The number of nitrogens with zero attached hydrogens (tertiary/aromatic N) is 3. The monoisotopic (exact) mass is 280 g/mol. The lowest BCUT2D eigenvalue weighted by Gasteiger charge is -2.20. The lowest BCUT2D eigenvalue weighted by Crippen LogP contribution is -2.24. The average molecular weight is 280 g/mol. The Morgan fingerprint density at radius 1 is 1.35 bits per heavy atom. The molecule has 0 saturated heterocycles. The number of pyridine rings is 1. The van der Waals surface area contributed by atoms with E-state index in [9.17, 15) is 4.79 Å². The number of nitrogen functional groups attached to an aromatic ring is 1. The second-order valence-electron chi connectivity index (χ2n) is 4.93. The normalized spacial score (nSPS) is 10.7. The third kappa shape index (κ3) is 4.70. The van der Waals surface area contributed by atoms with Crippen LogP contribution in [0.2, 0.25) is 0 Å². The van der Waals surface area contributed by atoms with Crippen LogP contribution in [0, 0.1) is 0 Å². The fourth-order valence-corrected chi connectivity index (χ4v) is 1.79. The van der Waals surface area contributed by atoms with Gasteiger partial charge in [0, 0.05) is 13.6 Å². The first kappa shape index (κ1) is 16.2. The highest BCUT2D eigenvalue weighted by molar-refractivity contribution is 5.95. The molecule has 20 heavy (non-hydrogen) atoms. The van der Waals surface area contributed by atoms with Gasteiger partial charge in [0.25, 0.3) is 0 Å². The second kappa shape index (κ2) is 7.69. The van der Waals surface area contributed by atoms with Crippen molar-refractivity contribution in [1.29, 1.82) is 0 Å². The van der Waals surface area contributed by atoms with Crippen molar-refractivity contribution in [2.45, 2.75) is 13.3 Å². The minimum atomic E-state index is -0.407. The number of ether oxygens (including phenoxy) is 1. The highest BCUT2D eigenvalue weighted by Gasteiger charge is 2.14. The number of hydrogen-bond donors (Lipinski definition) is 1. The van der Waals surface area contributed by atoms with Crippen molar-refractivity contribution >= 4 is 17.5 Å². The van der Waals surface area contributed by atoms with Crippen LogP contribution in [0.25, 0.3) is 0 Å². The maximum atomic E-state index is 11.8. The molecule has 0 aromatic carbocycles. The van der Waals surface area contributed by atoms with Gasteiger partial charge < -0.3 is 20.3 Å². The Morgan fingerprint density at radius 2 is 2.05 bits per heavy atom. The number of hydrogen-bond acceptors (Lipinski definition) is 6. The SMILES string of the molecule is CCOC(=O)c1cc(N(C)CCCN(C)C)ncc1N. The zero-order valence-electron chi connectivity index (χ0n) is 12.7. The summed E-state index contributed by atoms with van der Waals surface area (Å²) < 4.78 is 4.98. The Kier molecular flexibility index (Phi) is 6.24. The van der Waals surface area contributed by atoms with Crippen LogP contribution in [-0.2, 0) is 4.74 Å². The summed E-state index contributed by atoms with van der Waals surface area (Å²) in [5.74, 6) is 0.316. The van der Waals surface area contributed by atoms with Gasteiger partial charge in [0.1, 0.15) is 5.82 Å². The molecular weight excluding hydrogens is 256 g/mol. The summed E-state index contributed by atoms with van der Waals surface area (Å²) in [5, 5.41) is 0. The molecule has 2 N–H and O–H groups in total. The molecule has 1 heterocycles. The Balaban J connectivity index is 2.75. The Hall–Kier alpha value is -1.82. The largest absolute Gasteiger partial charge is 0.462 e. The zero-order chi connectivity index (χ0) is 15.1. The fourth-order valence-electron chi connectivity index (χ4n) is 1.79. The van der Waals surface area contributed by atoms with E-state index < -0.39 is 5.97 Å². The maximum absolute atomic E-state index is 11.8. The van der Waals surface area contributed by atoms with Crippen molar-refractivity contribution in [1.82, 2.24) is 9.88 Å². The van der Waals surface area contributed by atoms with Gasteiger partial charge in [0.05, 0.1) is 24.1 Å². The van der Waals surface area contributed by atoms with Gasteiger partial charge in [-0.05, 0) is 40.1 Å². The number of rotatable bonds is 7. The molecule has 0 aliphatic rings. The molecule has 0 saturated carbocycles. The van der Waals surface area contributed by atoms with Crippen LogP contribution in [0.4, 0.5) is 11.5 Å². The molecule has 0 spiro atoms. The summed E-state index contributed by atoms with van der Waals surface area (Å²) in [6.45, 7) is 3.96. The summed E-state index contributed by atoms with van der Waals surface area (Å²) in [6.07, 6.45) is 2.52. The molecule has 0 bridgehead atoms. The first-order valence-electron chi connectivity index (χ1n) is 6.74. The van der Waals surface area contributed by atoms with Crippen LogP contribution in [0.15, 0.2) is 12.3 Å². The van der Waals surface area contributed by atoms with Crippen LogP contribution in [0.5, 0.6) is 0 Å². The van der Waals surface area contributed by atoms with Gasteiger partial charge in [-0.1, -0.05) is 0 Å². The molecule has 0 unspecified atom stereocenters. The van der Waals surface area contributed by atoms with Crippen LogP contribution in [0.3, 0.4) is 0 Å². The number of esters is 1. The summed E-state index contributed by atoms with van der Waals surface area (Å²) in [5.41, 5.74) is 6.49. The molecule has 0 radical (unpaired) electrons. The first-order chi connectivity index (χ1) is 9.45. The molecule has 6 heteroatoms. The van der Waals surface area contributed by atoms with Gasteiger partial charge in [0.2, 0.25) is 0 Å². The minimum Gasteiger partial charge on any atom is -0.462 e. The quantitative estimate of drug-likeness (QED) is 0.757. The van der Waals surface area contributed by atoms with Crippen molar-refractivity contribution in [3.05, 3.63) is 17.8 Å². The molecule has 0 fully saturated rings. The van der Waals surface area contributed by atoms with Gasteiger partial charge in [-0.15, -0.1) is 0 Å². The number of anilines is 2. The van der Waals surface area contributed by atoms with E-state index in [0.717, 1.165) is 25.3 Å². The van der Waals surface area contributed by atoms with Crippen LogP contribution < -0.4 is 10.6 Å². The van der Waals surface area contributed by atoms with E-state index >= 15 is 0 Å². The lowest BCUT2D eigenvalue weighted by molar-refractivity contribution is 0.0527. The Labute approximate surface area is 120 Å². The van der Waals surface area contributed by atoms with E-state index in [1.54, 1.807) is 13.0 Å². The van der Waals surface area contributed by atoms with E-state index in [4.69, 9.17) is 10.5 Å². The predicted molar refractivity (Wildman–Crippen MR) is 81.0 cm³/mol. The molecule has 6 nitrogen and oxygen atoms in total. The van der Waals surface area contributed by atoms with Gasteiger partial charge in [-0.3, -0.25) is 0 Å². The molecular formula is C14H24N4O2. The van der Waals surface area contributed by atoms with Crippen molar-refractivity contribution in [2.75, 3.05) is 51.5 Å². The third-order valence-corrected chi connectivity index (χ3v) is 2.91. The van der Waals surface area contributed by atoms with Crippen LogP contribution in [-0.4, -0.2) is 56.7 Å². The summed E-state index contributed by atoms with van der Waals surface area (Å²) >= 11 is 0. The average Bonchev–Trinajstić information content (AvgIpc) is 2.38. The van der Waals surface area contributed by atoms with Crippen molar-refractivity contribution in [3.63, 3.8) is 0 Å². The maximum Gasteiger partial charge on any atom is 0.340 e. The second-order valence-corrected chi connectivity index (χ2v) is 4.93. The van der Waals surface area contributed by atoms with Crippen LogP contribution >= 0.6 is 0 Å². The smallest absolute Gasteiger partial charge is 0.340 e. The highest BCUT2D eigenvalue weighted by Crippen LogP contribution is 2.18. The molecule has 0 aliphatic heterocycles. The number of nitrogens with two attached hydrogens (primary N) is 1. The topological polar surface area (TPSA) is 71.7 Å². The highest BCUT2D eigenvalue weighted by atomic mass is 16.5. The lowest BCUT2D eigenvalue weighted by atomic mass is 10.2.